The first kappa shape index (κ1) is 22.3. The number of thiophene rings is 1. The Labute approximate surface area is 183 Å². The molecule has 1 aromatic heterocycles. The number of carbonyl (C=O) groups is 1. The Hall–Kier alpha value is -1.40. The lowest BCUT2D eigenvalue weighted by Crippen LogP contribution is -2.38. The molecule has 3 rings (SSSR count). The smallest absolute Gasteiger partial charge is 0.263 e. The zero-order chi connectivity index (χ0) is 20.8. The van der Waals surface area contributed by atoms with Gasteiger partial charge in [0.05, 0.1) is 9.21 Å². The van der Waals surface area contributed by atoms with E-state index in [4.69, 9.17) is 16.7 Å². The summed E-state index contributed by atoms with van der Waals surface area (Å²) in [5, 5.41) is 8.95. The highest BCUT2D eigenvalue weighted by Gasteiger charge is 2.28. The number of halogens is 1. The van der Waals surface area contributed by atoms with Gasteiger partial charge in [-0.15, -0.1) is 11.3 Å². The summed E-state index contributed by atoms with van der Waals surface area (Å²) in [5.74, 6) is 0.659. The SMILES string of the molecule is CN(CCCO)Cc1ccc(C2CCC(N(C)C(=O)c3ccc(Cl)s3)CC2)cc1. The Kier molecular flexibility index (Phi) is 8.13. The van der Waals surface area contributed by atoms with Crippen LogP contribution in [0.1, 0.15) is 58.8 Å². The molecule has 6 heteroatoms. The van der Waals surface area contributed by atoms with Gasteiger partial charge in [0.1, 0.15) is 0 Å². The van der Waals surface area contributed by atoms with Crippen LogP contribution >= 0.6 is 22.9 Å². The molecular weight excluding hydrogens is 404 g/mol. The number of hydrogen-bond donors (Lipinski definition) is 1. The molecule has 29 heavy (non-hydrogen) atoms. The van der Waals surface area contributed by atoms with Crippen molar-refractivity contribution < 1.29 is 9.90 Å². The van der Waals surface area contributed by atoms with E-state index >= 15 is 0 Å². The topological polar surface area (TPSA) is 43.8 Å². The van der Waals surface area contributed by atoms with Crippen LogP contribution in [0.15, 0.2) is 36.4 Å². The molecule has 1 saturated carbocycles. The Balaban J connectivity index is 1.50. The van der Waals surface area contributed by atoms with Crippen molar-refractivity contribution in [1.29, 1.82) is 0 Å². The Morgan fingerprint density at radius 1 is 1.10 bits per heavy atom. The molecule has 4 nitrogen and oxygen atoms in total. The van der Waals surface area contributed by atoms with Crippen molar-refractivity contribution in [3.63, 3.8) is 0 Å². The van der Waals surface area contributed by atoms with Crippen molar-refractivity contribution >= 4 is 28.8 Å². The monoisotopic (exact) mass is 434 g/mol. The van der Waals surface area contributed by atoms with Crippen LogP contribution in [0.25, 0.3) is 0 Å². The lowest BCUT2D eigenvalue weighted by Gasteiger charge is -2.34. The maximum Gasteiger partial charge on any atom is 0.263 e. The summed E-state index contributed by atoms with van der Waals surface area (Å²) in [7, 11) is 4.01. The largest absolute Gasteiger partial charge is 0.396 e. The predicted molar refractivity (Wildman–Crippen MR) is 121 cm³/mol. The summed E-state index contributed by atoms with van der Waals surface area (Å²) in [5.41, 5.74) is 2.71. The summed E-state index contributed by atoms with van der Waals surface area (Å²) >= 11 is 7.33. The van der Waals surface area contributed by atoms with Crippen molar-refractivity contribution in [3.8, 4) is 0 Å². The van der Waals surface area contributed by atoms with Gasteiger partial charge in [0.2, 0.25) is 0 Å². The molecule has 0 spiro atoms. The van der Waals surface area contributed by atoms with E-state index < -0.39 is 0 Å². The number of aliphatic hydroxyl groups excluding tert-OH is 1. The summed E-state index contributed by atoms with van der Waals surface area (Å²) in [6.45, 7) is 2.06. The van der Waals surface area contributed by atoms with E-state index in [-0.39, 0.29) is 12.5 Å². The lowest BCUT2D eigenvalue weighted by atomic mass is 9.81. The fraction of sp³-hybridized carbons (Fsp3) is 0.522. The van der Waals surface area contributed by atoms with Gasteiger partial charge in [-0.1, -0.05) is 35.9 Å². The summed E-state index contributed by atoms with van der Waals surface area (Å²) in [4.78, 5) is 17.5. The first-order valence-electron chi connectivity index (χ1n) is 10.4. The van der Waals surface area contributed by atoms with Crippen molar-refractivity contribution in [1.82, 2.24) is 9.80 Å². The first-order valence-corrected chi connectivity index (χ1v) is 11.6. The second-order valence-corrected chi connectivity index (χ2v) is 9.80. The van der Waals surface area contributed by atoms with Crippen LogP contribution in [-0.4, -0.2) is 54.1 Å². The highest BCUT2D eigenvalue weighted by Crippen LogP contribution is 2.35. The summed E-state index contributed by atoms with van der Waals surface area (Å²) < 4.78 is 0.661. The van der Waals surface area contributed by atoms with E-state index in [1.807, 2.05) is 18.0 Å². The second kappa shape index (κ2) is 10.6. The maximum absolute atomic E-state index is 12.7. The maximum atomic E-state index is 12.7. The molecule has 1 fully saturated rings. The van der Waals surface area contributed by atoms with Crippen molar-refractivity contribution in [2.24, 2.45) is 0 Å². The summed E-state index contributed by atoms with van der Waals surface area (Å²) in [6.07, 6.45) is 5.12. The molecule has 0 aliphatic heterocycles. The molecule has 0 bridgehead atoms. The fourth-order valence-corrected chi connectivity index (χ4v) is 5.22. The number of amides is 1. The van der Waals surface area contributed by atoms with Crippen LogP contribution in [0, 0.1) is 0 Å². The molecule has 0 atom stereocenters. The molecule has 1 amide bonds. The number of hydrogen-bond acceptors (Lipinski definition) is 4. The fourth-order valence-electron chi connectivity index (χ4n) is 4.19. The predicted octanol–water partition coefficient (Wildman–Crippen LogP) is 5.01. The normalized spacial score (nSPS) is 19.5. The first-order chi connectivity index (χ1) is 14.0. The van der Waals surface area contributed by atoms with Gasteiger partial charge in [-0.25, -0.2) is 0 Å². The molecule has 1 aliphatic carbocycles. The van der Waals surface area contributed by atoms with Gasteiger partial charge in [-0.2, -0.15) is 0 Å². The van der Waals surface area contributed by atoms with Crippen molar-refractivity contribution in [3.05, 3.63) is 56.7 Å². The number of rotatable bonds is 8. The van der Waals surface area contributed by atoms with E-state index in [0.29, 0.717) is 16.3 Å². The molecule has 0 unspecified atom stereocenters. The van der Waals surface area contributed by atoms with E-state index in [2.05, 4.69) is 36.2 Å². The number of benzene rings is 1. The minimum absolute atomic E-state index is 0.0834. The molecule has 1 heterocycles. The average Bonchev–Trinajstić information content (AvgIpc) is 3.18. The standard InChI is InChI=1S/C23H31ClN2O2S/c1-25(14-3-15-27)16-17-4-6-18(7-5-17)19-8-10-20(11-9-19)26(2)23(28)21-12-13-22(24)29-21/h4-7,12-13,19-20,27H,3,8-11,14-16H2,1-2H3. The molecule has 0 saturated heterocycles. The van der Waals surface area contributed by atoms with Crippen LogP contribution in [0.5, 0.6) is 0 Å². The third kappa shape index (κ3) is 6.05. The van der Waals surface area contributed by atoms with Gasteiger partial charge in [0.15, 0.2) is 0 Å². The Morgan fingerprint density at radius 2 is 1.79 bits per heavy atom. The third-order valence-electron chi connectivity index (χ3n) is 5.95. The van der Waals surface area contributed by atoms with E-state index in [0.717, 1.165) is 50.1 Å². The van der Waals surface area contributed by atoms with E-state index in [1.165, 1.54) is 22.5 Å². The molecule has 158 valence electrons. The number of carbonyl (C=O) groups excluding carboxylic acids is 1. The average molecular weight is 435 g/mol. The van der Waals surface area contributed by atoms with E-state index in [9.17, 15) is 4.79 Å². The number of nitrogens with zero attached hydrogens (tertiary/aromatic N) is 2. The minimum atomic E-state index is 0.0834. The molecule has 1 N–H and O–H groups in total. The van der Waals surface area contributed by atoms with Gasteiger partial charge < -0.3 is 14.9 Å². The highest BCUT2D eigenvalue weighted by atomic mass is 35.5. The van der Waals surface area contributed by atoms with E-state index in [1.54, 1.807) is 6.07 Å². The highest BCUT2D eigenvalue weighted by molar-refractivity contribution is 7.17. The van der Waals surface area contributed by atoms with Crippen LogP contribution < -0.4 is 0 Å². The number of aliphatic hydroxyl groups is 1. The molecule has 1 aromatic carbocycles. The van der Waals surface area contributed by atoms with Crippen molar-refractivity contribution in [2.45, 2.75) is 50.6 Å². The Bertz CT molecular complexity index is 784. The molecular formula is C23H31ClN2O2S. The van der Waals surface area contributed by atoms with Crippen LogP contribution in [0.4, 0.5) is 0 Å². The minimum Gasteiger partial charge on any atom is -0.396 e. The Morgan fingerprint density at radius 3 is 2.38 bits per heavy atom. The van der Waals surface area contributed by atoms with Gasteiger partial charge in [-0.3, -0.25) is 4.79 Å². The molecule has 0 radical (unpaired) electrons. The lowest BCUT2D eigenvalue weighted by molar-refractivity contribution is 0.0694. The van der Waals surface area contributed by atoms with Gasteiger partial charge in [0, 0.05) is 32.8 Å². The van der Waals surface area contributed by atoms with Gasteiger partial charge in [-0.05, 0) is 68.3 Å². The van der Waals surface area contributed by atoms with Crippen molar-refractivity contribution in [2.75, 3.05) is 27.2 Å². The second-order valence-electron chi connectivity index (χ2n) is 8.08. The molecule has 2 aromatic rings. The zero-order valence-corrected chi connectivity index (χ0v) is 18.9. The van der Waals surface area contributed by atoms with Crippen LogP contribution in [0.3, 0.4) is 0 Å². The van der Waals surface area contributed by atoms with Crippen LogP contribution in [-0.2, 0) is 6.54 Å². The van der Waals surface area contributed by atoms with Crippen LogP contribution in [0.2, 0.25) is 4.34 Å². The van der Waals surface area contributed by atoms with Gasteiger partial charge >= 0.3 is 0 Å². The zero-order valence-electron chi connectivity index (χ0n) is 17.3. The molecule has 1 aliphatic rings. The van der Waals surface area contributed by atoms with Gasteiger partial charge in [0.25, 0.3) is 5.91 Å². The third-order valence-corrected chi connectivity index (χ3v) is 7.17. The summed E-state index contributed by atoms with van der Waals surface area (Å²) in [6, 6.07) is 12.9. The quantitative estimate of drug-likeness (QED) is 0.634.